The fourth-order valence-electron chi connectivity index (χ4n) is 9.62. The van der Waals surface area contributed by atoms with Gasteiger partial charge in [0.25, 0.3) is 5.56 Å². The molecule has 5 aliphatic rings. The van der Waals surface area contributed by atoms with Gasteiger partial charge in [-0.25, -0.2) is 9.78 Å². The Labute approximate surface area is 323 Å². The molecule has 0 unspecified atom stereocenters. The molecule has 2 bridgehead atoms. The van der Waals surface area contributed by atoms with Crippen molar-refractivity contribution < 1.29 is 32.1 Å². The summed E-state index contributed by atoms with van der Waals surface area (Å²) in [6.07, 6.45) is -0.879. The van der Waals surface area contributed by atoms with Crippen LogP contribution in [0.25, 0.3) is 10.8 Å². The first-order chi connectivity index (χ1) is 26.5. The number of fused-ring (bicyclic) bond motifs is 2. The molecular weight excluding hydrogens is 724 g/mol. The Hall–Kier alpha value is -4.89. The van der Waals surface area contributed by atoms with Gasteiger partial charge in [-0.3, -0.25) is 14.2 Å². The Morgan fingerprint density at radius 1 is 1.02 bits per heavy atom. The molecule has 11 nitrogen and oxygen atoms in total. The Balaban J connectivity index is 1.06. The van der Waals surface area contributed by atoms with Crippen LogP contribution in [0.4, 0.5) is 29.3 Å². The molecule has 3 saturated carbocycles. The van der Waals surface area contributed by atoms with Gasteiger partial charge in [0.1, 0.15) is 17.6 Å². The highest BCUT2D eigenvalue weighted by molar-refractivity contribution is 6.47. The monoisotopic (exact) mass is 770 g/mol. The van der Waals surface area contributed by atoms with Gasteiger partial charge in [-0.15, -0.1) is 0 Å². The van der Waals surface area contributed by atoms with E-state index in [9.17, 15) is 27.6 Å². The van der Waals surface area contributed by atoms with E-state index in [1.807, 2.05) is 43.3 Å². The summed E-state index contributed by atoms with van der Waals surface area (Å²) in [6, 6.07) is 16.4. The lowest BCUT2D eigenvalue weighted by Gasteiger charge is -2.64. The third-order valence-electron chi connectivity index (χ3n) is 12.9. The number of hydrogen-bond acceptors (Lipinski definition) is 7. The molecule has 0 spiro atoms. The summed E-state index contributed by atoms with van der Waals surface area (Å²) in [7, 11) is -0.692. The number of halogens is 3. The van der Waals surface area contributed by atoms with Crippen LogP contribution in [0, 0.1) is 17.3 Å². The highest BCUT2D eigenvalue weighted by Gasteiger charge is 2.68. The zero-order valence-electron chi connectivity index (χ0n) is 32.0. The van der Waals surface area contributed by atoms with E-state index < -0.39 is 59.5 Å². The van der Waals surface area contributed by atoms with E-state index in [0.29, 0.717) is 29.5 Å². The summed E-state index contributed by atoms with van der Waals surface area (Å²) < 4.78 is 54.7. The van der Waals surface area contributed by atoms with Gasteiger partial charge in [-0.2, -0.15) is 13.2 Å². The third-order valence-corrected chi connectivity index (χ3v) is 12.9. The van der Waals surface area contributed by atoms with E-state index in [4.69, 9.17) is 9.31 Å². The van der Waals surface area contributed by atoms with Crippen LogP contribution in [-0.2, 0) is 32.4 Å². The molecule has 0 radical (unpaired) electrons. The molecular formula is C41H46BF3N6O5. The number of carbonyl (C=O) groups excluding carboxylic acids is 2. The van der Waals surface area contributed by atoms with E-state index in [0.717, 1.165) is 35.7 Å². The van der Waals surface area contributed by atoms with Crippen molar-refractivity contribution in [1.82, 2.24) is 20.2 Å². The van der Waals surface area contributed by atoms with Crippen molar-refractivity contribution in [2.24, 2.45) is 17.3 Å². The largest absolute Gasteiger partial charge is 0.481 e. The summed E-state index contributed by atoms with van der Waals surface area (Å²) in [5.41, 5.74) is -2.20. The van der Waals surface area contributed by atoms with E-state index in [2.05, 4.69) is 47.0 Å². The fraction of sp³-hybridized carbons (Fsp3) is 0.463. The minimum Gasteiger partial charge on any atom is -0.404 e. The predicted molar refractivity (Wildman–Crippen MR) is 207 cm³/mol. The zero-order chi connectivity index (χ0) is 39.8. The van der Waals surface area contributed by atoms with Crippen LogP contribution in [0.2, 0.25) is 0 Å². The van der Waals surface area contributed by atoms with Gasteiger partial charge >= 0.3 is 19.3 Å². The molecule has 3 aromatic carbocycles. The van der Waals surface area contributed by atoms with Gasteiger partial charge in [0, 0.05) is 18.7 Å². The van der Waals surface area contributed by atoms with E-state index in [1.54, 1.807) is 13.0 Å². The molecule has 3 heterocycles. The maximum absolute atomic E-state index is 14.4. The van der Waals surface area contributed by atoms with Crippen LogP contribution in [0.15, 0.2) is 77.7 Å². The Morgan fingerprint density at radius 3 is 2.52 bits per heavy atom. The Bertz CT molecular complexity index is 2270. The molecule has 7 atom stereocenters. The molecule has 3 aliphatic carbocycles. The SMILES string of the molecule is CC[C@H](NC(=O)[C@@H]1C[C@@](C)(NC(=O)Nc2ccc3ccccc3c2)c2ncc(NCc3cccc(C(F)(F)F)c3)c(=O)n21)B1O[C@@H]2C[C@@H]3C[C@@H](C3(C)C)[C@]2(C)O1. The van der Waals surface area contributed by atoms with Gasteiger partial charge in [-0.1, -0.05) is 63.2 Å². The van der Waals surface area contributed by atoms with Crippen LogP contribution < -0.4 is 26.8 Å². The average Bonchev–Trinajstić information content (AvgIpc) is 3.67. The molecule has 56 heavy (non-hydrogen) atoms. The first-order valence-electron chi connectivity index (χ1n) is 19.2. The second-order valence-corrected chi connectivity index (χ2v) is 16.8. The number of rotatable bonds is 9. The first kappa shape index (κ1) is 38.0. The first-order valence-corrected chi connectivity index (χ1v) is 19.2. The molecule has 1 saturated heterocycles. The van der Waals surface area contributed by atoms with Gasteiger partial charge < -0.3 is 30.6 Å². The number of aromatic nitrogens is 2. The smallest absolute Gasteiger partial charge is 0.404 e. The summed E-state index contributed by atoms with van der Waals surface area (Å²) in [4.78, 5) is 46.8. The van der Waals surface area contributed by atoms with Crippen LogP contribution in [0.3, 0.4) is 0 Å². The quantitative estimate of drug-likeness (QED) is 0.133. The highest BCUT2D eigenvalue weighted by atomic mass is 19.4. The Kier molecular flexibility index (Phi) is 9.26. The number of alkyl halides is 3. The van der Waals surface area contributed by atoms with E-state index in [1.165, 1.54) is 22.9 Å². The van der Waals surface area contributed by atoms with Gasteiger partial charge in [0.15, 0.2) is 0 Å². The van der Waals surface area contributed by atoms with Crippen molar-refractivity contribution in [1.29, 1.82) is 0 Å². The lowest BCUT2D eigenvalue weighted by molar-refractivity contribution is -0.199. The maximum atomic E-state index is 14.4. The second-order valence-electron chi connectivity index (χ2n) is 16.8. The number of anilines is 2. The summed E-state index contributed by atoms with van der Waals surface area (Å²) in [5.74, 6) is 0.0301. The molecule has 2 aliphatic heterocycles. The number of carbonyl (C=O) groups is 2. The van der Waals surface area contributed by atoms with E-state index in [-0.39, 0.29) is 36.0 Å². The standard InChI is InChI=1S/C41H46BF3N6O5/c1-6-33(42-55-32-19-27-18-31(38(27,2)3)40(32,5)56-42)49-34(52)30-20-39(4,50-37(54)48-28-15-14-24-11-7-8-12-25(24)17-28)36-47-22-29(35(53)51(30)36)46-21-23-10-9-13-26(16-23)41(43,44)45/h7-17,22,27,30-33,46H,6,18-21H2,1-5H3,(H,49,52)(H2,48,50,54)/t27-,30-,31-,32+,33-,39+,40-/m0/s1. The van der Waals surface area contributed by atoms with Crippen LogP contribution in [0.1, 0.15) is 83.3 Å². The number of nitrogens with zero attached hydrogens (tertiary/aromatic N) is 2. The predicted octanol–water partition coefficient (Wildman–Crippen LogP) is 7.17. The minimum atomic E-state index is -4.53. The van der Waals surface area contributed by atoms with Crippen molar-refractivity contribution >= 4 is 41.2 Å². The maximum Gasteiger partial charge on any atom is 0.481 e. The number of amides is 3. The highest BCUT2D eigenvalue weighted by Crippen LogP contribution is 2.65. The van der Waals surface area contributed by atoms with Gasteiger partial charge in [0.2, 0.25) is 5.91 Å². The van der Waals surface area contributed by atoms with Gasteiger partial charge in [-0.05, 0) is 91.0 Å². The summed E-state index contributed by atoms with van der Waals surface area (Å²) in [5, 5.41) is 13.8. The molecule has 4 N–H and O–H groups in total. The van der Waals surface area contributed by atoms with Crippen LogP contribution in [-0.4, -0.2) is 46.3 Å². The minimum absolute atomic E-state index is 0.00953. The van der Waals surface area contributed by atoms with Crippen LogP contribution in [0.5, 0.6) is 0 Å². The Morgan fingerprint density at radius 2 is 1.79 bits per heavy atom. The number of nitrogens with one attached hydrogen (secondary N) is 4. The van der Waals surface area contributed by atoms with Crippen molar-refractivity contribution in [2.45, 2.75) is 102 Å². The molecule has 4 aromatic rings. The molecule has 15 heteroatoms. The van der Waals surface area contributed by atoms with Crippen molar-refractivity contribution in [3.63, 3.8) is 0 Å². The second kappa shape index (κ2) is 13.6. The average molecular weight is 771 g/mol. The number of benzene rings is 3. The molecule has 1 aromatic heterocycles. The van der Waals surface area contributed by atoms with E-state index >= 15 is 0 Å². The lowest BCUT2D eigenvalue weighted by atomic mass is 9.43. The van der Waals surface area contributed by atoms with Crippen LogP contribution >= 0.6 is 0 Å². The third kappa shape index (κ3) is 6.51. The molecule has 9 rings (SSSR count). The topological polar surface area (TPSA) is 136 Å². The number of hydrogen-bond donors (Lipinski definition) is 4. The molecule has 4 fully saturated rings. The lowest BCUT2D eigenvalue weighted by Crippen LogP contribution is -2.65. The van der Waals surface area contributed by atoms with Crippen molar-refractivity contribution in [3.8, 4) is 0 Å². The normalized spacial score (nSPS) is 27.8. The van der Waals surface area contributed by atoms with Crippen molar-refractivity contribution in [2.75, 3.05) is 10.6 Å². The van der Waals surface area contributed by atoms with Gasteiger partial charge in [0.05, 0.1) is 34.9 Å². The fourth-order valence-corrected chi connectivity index (χ4v) is 9.62. The zero-order valence-corrected chi connectivity index (χ0v) is 32.0. The summed E-state index contributed by atoms with van der Waals surface area (Å²) >= 11 is 0. The molecule has 3 amide bonds. The summed E-state index contributed by atoms with van der Waals surface area (Å²) in [6.45, 7) is 10.2. The van der Waals surface area contributed by atoms with Crippen molar-refractivity contribution in [3.05, 3.63) is 100 Å². The molecule has 294 valence electrons. The number of urea groups is 1.